The lowest BCUT2D eigenvalue weighted by Gasteiger charge is -2.36. The first-order valence-electron chi connectivity index (χ1n) is 9.25. The Bertz CT molecular complexity index is 643. The molecule has 0 bridgehead atoms. The molecule has 6 heteroatoms. The van der Waals surface area contributed by atoms with Crippen LogP contribution in [-0.4, -0.2) is 48.7 Å². The molecular weight excluding hydrogens is 334 g/mol. The summed E-state index contributed by atoms with van der Waals surface area (Å²) in [6.07, 6.45) is 4.12. The van der Waals surface area contributed by atoms with Crippen LogP contribution in [0.1, 0.15) is 50.2 Å². The van der Waals surface area contributed by atoms with E-state index in [1.807, 2.05) is 11.0 Å². The fourth-order valence-corrected chi connectivity index (χ4v) is 3.72. The first-order chi connectivity index (χ1) is 12.5. The number of nitrogens with zero attached hydrogens (tertiary/aromatic N) is 1. The molecule has 1 aromatic carbocycles. The molecule has 0 saturated heterocycles. The molecule has 144 valence electrons. The van der Waals surface area contributed by atoms with Gasteiger partial charge < -0.3 is 19.5 Å². The number of carbonyl (C=O) groups excluding carboxylic acids is 1. The molecule has 0 aromatic heterocycles. The predicted octanol–water partition coefficient (Wildman–Crippen LogP) is 3.05. The Labute approximate surface area is 155 Å². The number of ether oxygens (including phenoxy) is 2. The lowest BCUT2D eigenvalue weighted by atomic mass is 9.86. The molecule has 0 heterocycles. The topological polar surface area (TPSA) is 76.1 Å². The summed E-state index contributed by atoms with van der Waals surface area (Å²) in [6, 6.07) is 4.12. The number of benzene rings is 1. The number of carboxylic acids is 1. The molecule has 1 atom stereocenters. The number of fused-ring (bicyclic) bond motifs is 1. The number of amides is 1. The van der Waals surface area contributed by atoms with E-state index >= 15 is 0 Å². The van der Waals surface area contributed by atoms with E-state index < -0.39 is 5.97 Å². The standard InChI is InChI=1S/C20H29NO5/c1-4-12-21(18(22)6-5-7-19(23)24)15-9-10-16-14(13-15)8-11-17(25-2)20(16)26-3/h8,11,15H,4-7,9-10,12-13H2,1-3H3,(H,23,24)/t15-/m0/s1. The Kier molecular flexibility index (Phi) is 7.30. The van der Waals surface area contributed by atoms with Gasteiger partial charge in [0.2, 0.25) is 5.91 Å². The average Bonchev–Trinajstić information content (AvgIpc) is 2.64. The highest BCUT2D eigenvalue weighted by Gasteiger charge is 2.29. The lowest BCUT2D eigenvalue weighted by molar-refractivity contribution is -0.137. The molecule has 6 nitrogen and oxygen atoms in total. The molecule has 0 spiro atoms. The van der Waals surface area contributed by atoms with Crippen LogP contribution in [0.4, 0.5) is 0 Å². The van der Waals surface area contributed by atoms with E-state index in [9.17, 15) is 9.59 Å². The summed E-state index contributed by atoms with van der Waals surface area (Å²) in [5, 5.41) is 8.77. The Morgan fingerprint density at radius 1 is 1.23 bits per heavy atom. The molecule has 0 fully saturated rings. The Balaban J connectivity index is 2.12. The van der Waals surface area contributed by atoms with Crippen molar-refractivity contribution in [3.63, 3.8) is 0 Å². The third-order valence-corrected chi connectivity index (χ3v) is 4.94. The molecule has 1 aliphatic rings. The molecule has 1 amide bonds. The minimum atomic E-state index is -0.854. The molecule has 26 heavy (non-hydrogen) atoms. The average molecular weight is 363 g/mol. The molecule has 0 aliphatic heterocycles. The monoisotopic (exact) mass is 363 g/mol. The summed E-state index contributed by atoms with van der Waals surface area (Å²) in [7, 11) is 3.29. The van der Waals surface area contributed by atoms with Crippen LogP contribution in [0.25, 0.3) is 0 Å². The van der Waals surface area contributed by atoms with Gasteiger partial charge in [-0.15, -0.1) is 0 Å². The first kappa shape index (κ1) is 20.1. The number of methoxy groups -OCH3 is 2. The maximum Gasteiger partial charge on any atom is 0.303 e. The van der Waals surface area contributed by atoms with Crippen molar-refractivity contribution in [1.82, 2.24) is 4.90 Å². The van der Waals surface area contributed by atoms with Crippen molar-refractivity contribution < 1.29 is 24.2 Å². The summed E-state index contributed by atoms with van der Waals surface area (Å²) in [5.74, 6) is 0.729. The summed E-state index contributed by atoms with van der Waals surface area (Å²) < 4.78 is 10.9. The molecule has 1 aliphatic carbocycles. The van der Waals surface area contributed by atoms with Gasteiger partial charge in [-0.25, -0.2) is 0 Å². The zero-order valence-corrected chi connectivity index (χ0v) is 15.9. The predicted molar refractivity (Wildman–Crippen MR) is 98.8 cm³/mol. The van der Waals surface area contributed by atoms with E-state index in [1.165, 1.54) is 5.56 Å². The number of hydrogen-bond donors (Lipinski definition) is 1. The number of carbonyl (C=O) groups is 2. The van der Waals surface area contributed by atoms with Crippen molar-refractivity contribution >= 4 is 11.9 Å². The van der Waals surface area contributed by atoms with Crippen LogP contribution in [-0.2, 0) is 22.4 Å². The largest absolute Gasteiger partial charge is 0.493 e. The molecular formula is C20H29NO5. The zero-order chi connectivity index (χ0) is 19.1. The van der Waals surface area contributed by atoms with Crippen LogP contribution in [0.2, 0.25) is 0 Å². The smallest absolute Gasteiger partial charge is 0.303 e. The zero-order valence-electron chi connectivity index (χ0n) is 15.9. The van der Waals surface area contributed by atoms with Crippen LogP contribution in [0.5, 0.6) is 11.5 Å². The Morgan fingerprint density at radius 3 is 2.62 bits per heavy atom. The maximum absolute atomic E-state index is 12.6. The summed E-state index contributed by atoms with van der Waals surface area (Å²) in [4.78, 5) is 25.3. The summed E-state index contributed by atoms with van der Waals surface area (Å²) >= 11 is 0. The Hall–Kier alpha value is -2.24. The molecule has 0 radical (unpaired) electrons. The number of hydrogen-bond acceptors (Lipinski definition) is 4. The van der Waals surface area contributed by atoms with Gasteiger partial charge in [-0.2, -0.15) is 0 Å². The van der Waals surface area contributed by atoms with Crippen molar-refractivity contribution in [2.24, 2.45) is 0 Å². The van der Waals surface area contributed by atoms with E-state index in [0.717, 1.165) is 42.7 Å². The highest BCUT2D eigenvalue weighted by molar-refractivity contribution is 5.77. The fraction of sp³-hybridized carbons (Fsp3) is 0.600. The van der Waals surface area contributed by atoms with Crippen molar-refractivity contribution in [2.45, 2.75) is 57.9 Å². The fourth-order valence-electron chi connectivity index (χ4n) is 3.72. The normalized spacial score (nSPS) is 15.9. The third kappa shape index (κ3) is 4.68. The SMILES string of the molecule is CCCN(C(=O)CCCC(=O)O)[C@H]1CCc2c(ccc(OC)c2OC)C1. The van der Waals surface area contributed by atoms with Gasteiger partial charge in [0.1, 0.15) is 0 Å². The van der Waals surface area contributed by atoms with Crippen molar-refractivity contribution in [3.05, 3.63) is 23.3 Å². The Morgan fingerprint density at radius 2 is 2.00 bits per heavy atom. The van der Waals surface area contributed by atoms with E-state index in [4.69, 9.17) is 14.6 Å². The van der Waals surface area contributed by atoms with Gasteiger partial charge >= 0.3 is 5.97 Å². The highest BCUT2D eigenvalue weighted by Crippen LogP contribution is 2.38. The van der Waals surface area contributed by atoms with Gasteiger partial charge in [-0.1, -0.05) is 13.0 Å². The molecule has 1 aromatic rings. The summed E-state index contributed by atoms with van der Waals surface area (Å²) in [6.45, 7) is 2.77. The van der Waals surface area contributed by atoms with Crippen LogP contribution in [0.15, 0.2) is 12.1 Å². The lowest BCUT2D eigenvalue weighted by Crippen LogP contribution is -2.43. The first-order valence-corrected chi connectivity index (χ1v) is 9.25. The van der Waals surface area contributed by atoms with Gasteiger partial charge in [0.25, 0.3) is 0 Å². The van der Waals surface area contributed by atoms with Crippen LogP contribution in [0.3, 0.4) is 0 Å². The van der Waals surface area contributed by atoms with E-state index in [2.05, 4.69) is 13.0 Å². The molecule has 0 unspecified atom stereocenters. The summed E-state index contributed by atoms with van der Waals surface area (Å²) in [5.41, 5.74) is 2.36. The molecule has 2 rings (SSSR count). The van der Waals surface area contributed by atoms with E-state index in [-0.39, 0.29) is 18.4 Å². The second-order valence-corrected chi connectivity index (χ2v) is 6.67. The van der Waals surface area contributed by atoms with E-state index in [0.29, 0.717) is 19.4 Å². The van der Waals surface area contributed by atoms with Crippen LogP contribution in [0, 0.1) is 0 Å². The molecule has 1 N–H and O–H groups in total. The quantitative estimate of drug-likeness (QED) is 0.730. The maximum atomic E-state index is 12.6. The van der Waals surface area contributed by atoms with E-state index in [1.54, 1.807) is 14.2 Å². The van der Waals surface area contributed by atoms with Gasteiger partial charge in [0, 0.05) is 31.0 Å². The van der Waals surface area contributed by atoms with Crippen molar-refractivity contribution in [1.29, 1.82) is 0 Å². The van der Waals surface area contributed by atoms with Gasteiger partial charge in [-0.05, 0) is 43.7 Å². The minimum Gasteiger partial charge on any atom is -0.493 e. The van der Waals surface area contributed by atoms with Crippen LogP contribution < -0.4 is 9.47 Å². The van der Waals surface area contributed by atoms with Gasteiger partial charge in [0.15, 0.2) is 11.5 Å². The minimum absolute atomic E-state index is 0.0379. The van der Waals surface area contributed by atoms with Gasteiger partial charge in [-0.3, -0.25) is 9.59 Å². The number of aliphatic carboxylic acids is 1. The van der Waals surface area contributed by atoms with Gasteiger partial charge in [0.05, 0.1) is 14.2 Å². The van der Waals surface area contributed by atoms with Crippen LogP contribution >= 0.6 is 0 Å². The number of carboxylic acid groups (broad SMARTS) is 1. The third-order valence-electron chi connectivity index (χ3n) is 4.94. The number of rotatable bonds is 9. The highest BCUT2D eigenvalue weighted by atomic mass is 16.5. The second-order valence-electron chi connectivity index (χ2n) is 6.67. The second kappa shape index (κ2) is 9.46. The van der Waals surface area contributed by atoms with Crippen molar-refractivity contribution in [3.8, 4) is 11.5 Å². The van der Waals surface area contributed by atoms with Crippen molar-refractivity contribution in [2.75, 3.05) is 20.8 Å². The molecule has 0 saturated carbocycles.